The molecule has 0 radical (unpaired) electrons. The first-order valence-electron chi connectivity index (χ1n) is 11.1. The zero-order valence-corrected chi connectivity index (χ0v) is 19.0. The summed E-state index contributed by atoms with van der Waals surface area (Å²) in [6, 6.07) is 8.41. The van der Waals surface area contributed by atoms with Gasteiger partial charge in [-0.1, -0.05) is 12.8 Å². The molecule has 0 unspecified atom stereocenters. The molecule has 1 saturated carbocycles. The SMILES string of the molecule is CC(=O)O.COc1ccc2c(c1)c(-c1cc3c(ncc4cnc(C5CCCC5)n43)[nH]1)cn2C. The van der Waals surface area contributed by atoms with Crippen LogP contribution in [0.2, 0.25) is 0 Å². The molecular weight excluding hydrogens is 418 g/mol. The highest BCUT2D eigenvalue weighted by atomic mass is 16.5. The van der Waals surface area contributed by atoms with Crippen LogP contribution >= 0.6 is 0 Å². The molecule has 1 aliphatic rings. The summed E-state index contributed by atoms with van der Waals surface area (Å²) in [6.45, 7) is 1.08. The molecule has 1 aliphatic carbocycles. The summed E-state index contributed by atoms with van der Waals surface area (Å²) >= 11 is 0. The van der Waals surface area contributed by atoms with Gasteiger partial charge in [-0.15, -0.1) is 0 Å². The highest BCUT2D eigenvalue weighted by molar-refractivity contribution is 5.98. The van der Waals surface area contributed by atoms with Crippen molar-refractivity contribution in [2.45, 2.75) is 38.5 Å². The van der Waals surface area contributed by atoms with Crippen LogP contribution in [0, 0.1) is 0 Å². The number of fused-ring (bicyclic) bond motifs is 4. The number of carboxylic acid groups (broad SMARTS) is 1. The van der Waals surface area contributed by atoms with E-state index in [0.29, 0.717) is 5.92 Å². The fourth-order valence-electron chi connectivity index (χ4n) is 4.90. The molecule has 0 atom stereocenters. The number of hydrogen-bond acceptors (Lipinski definition) is 4. The molecule has 0 aliphatic heterocycles. The normalized spacial score (nSPS) is 14.2. The molecule has 4 aromatic heterocycles. The number of H-pyrrole nitrogens is 1. The number of aromatic amines is 1. The largest absolute Gasteiger partial charge is 0.497 e. The van der Waals surface area contributed by atoms with E-state index in [4.69, 9.17) is 19.6 Å². The molecule has 0 saturated heterocycles. The number of aromatic nitrogens is 5. The van der Waals surface area contributed by atoms with Crippen molar-refractivity contribution in [2.24, 2.45) is 7.05 Å². The van der Waals surface area contributed by atoms with E-state index in [1.54, 1.807) is 7.11 Å². The Bertz CT molecular complexity index is 1470. The van der Waals surface area contributed by atoms with Crippen LogP contribution in [0.15, 0.2) is 42.9 Å². The van der Waals surface area contributed by atoms with Gasteiger partial charge >= 0.3 is 0 Å². The third kappa shape index (κ3) is 3.71. The third-order valence-corrected chi connectivity index (χ3v) is 6.37. The fourth-order valence-corrected chi connectivity index (χ4v) is 4.90. The number of aliphatic carboxylic acids is 1. The second-order valence-corrected chi connectivity index (χ2v) is 8.59. The molecule has 33 heavy (non-hydrogen) atoms. The van der Waals surface area contributed by atoms with Crippen molar-refractivity contribution in [1.29, 1.82) is 0 Å². The number of nitrogens with one attached hydrogen (secondary N) is 1. The first-order valence-corrected chi connectivity index (χ1v) is 11.1. The summed E-state index contributed by atoms with van der Waals surface area (Å²) in [5.74, 6) is 1.75. The van der Waals surface area contributed by atoms with E-state index in [9.17, 15) is 0 Å². The van der Waals surface area contributed by atoms with E-state index >= 15 is 0 Å². The van der Waals surface area contributed by atoms with Gasteiger partial charge in [0.05, 0.1) is 36.2 Å². The van der Waals surface area contributed by atoms with E-state index < -0.39 is 5.97 Å². The number of carboxylic acids is 1. The number of methoxy groups -OCH3 is 1. The summed E-state index contributed by atoms with van der Waals surface area (Å²) in [5, 5.41) is 8.58. The van der Waals surface area contributed by atoms with Gasteiger partial charge in [0.25, 0.3) is 5.97 Å². The van der Waals surface area contributed by atoms with E-state index in [1.807, 2.05) is 18.5 Å². The zero-order valence-electron chi connectivity index (χ0n) is 19.0. The number of benzene rings is 1. The Morgan fingerprint density at radius 3 is 2.61 bits per heavy atom. The van der Waals surface area contributed by atoms with Crippen LogP contribution in [0.3, 0.4) is 0 Å². The molecule has 170 valence electrons. The summed E-state index contributed by atoms with van der Waals surface area (Å²) in [6.07, 6.45) is 11.1. The Morgan fingerprint density at radius 1 is 1.15 bits per heavy atom. The average molecular weight is 446 g/mol. The minimum Gasteiger partial charge on any atom is -0.497 e. The van der Waals surface area contributed by atoms with Gasteiger partial charge in [-0.05, 0) is 37.1 Å². The lowest BCUT2D eigenvalue weighted by molar-refractivity contribution is -0.134. The highest BCUT2D eigenvalue weighted by Gasteiger charge is 2.23. The standard InChI is InChI=1S/C23H23N5O.C2H4O2/c1-27-13-18(17-9-16(29-2)7-8-20(17)27)19-10-21-22(26-19)24-11-15-12-25-23(28(15)21)14-5-3-4-6-14;1-2(3)4/h7-14,26H,3-6H2,1-2H3;1H3,(H,3,4). The van der Waals surface area contributed by atoms with Gasteiger partial charge < -0.3 is 19.4 Å². The van der Waals surface area contributed by atoms with Crippen LogP contribution in [-0.4, -0.2) is 42.1 Å². The second-order valence-electron chi connectivity index (χ2n) is 8.59. The molecule has 0 spiro atoms. The quantitative estimate of drug-likeness (QED) is 0.401. The lowest BCUT2D eigenvalue weighted by atomic mass is 10.1. The van der Waals surface area contributed by atoms with Crippen LogP contribution in [0.25, 0.3) is 38.8 Å². The number of hydrogen-bond donors (Lipinski definition) is 2. The lowest BCUT2D eigenvalue weighted by Gasteiger charge is -2.08. The van der Waals surface area contributed by atoms with E-state index in [2.05, 4.69) is 50.4 Å². The Morgan fingerprint density at radius 2 is 1.88 bits per heavy atom. The topological polar surface area (TPSA) is 97.4 Å². The van der Waals surface area contributed by atoms with Crippen LogP contribution in [0.1, 0.15) is 44.3 Å². The van der Waals surface area contributed by atoms with E-state index in [1.165, 1.54) is 37.0 Å². The van der Waals surface area contributed by atoms with Gasteiger partial charge in [-0.25, -0.2) is 9.97 Å². The first kappa shape index (κ1) is 21.1. The number of aryl methyl sites for hydroxylation is 1. The summed E-state index contributed by atoms with van der Waals surface area (Å²) in [4.78, 5) is 22.0. The smallest absolute Gasteiger partial charge is 0.300 e. The van der Waals surface area contributed by atoms with Gasteiger partial charge in [-0.3, -0.25) is 9.20 Å². The van der Waals surface area contributed by atoms with Crippen molar-refractivity contribution in [3.05, 3.63) is 48.7 Å². The predicted molar refractivity (Wildman–Crippen MR) is 128 cm³/mol. The molecule has 8 nitrogen and oxygen atoms in total. The molecule has 4 heterocycles. The minimum absolute atomic E-state index is 0.545. The fraction of sp³-hybridized carbons (Fsp3) is 0.320. The van der Waals surface area contributed by atoms with E-state index in [-0.39, 0.29) is 0 Å². The molecule has 0 amide bonds. The first-order chi connectivity index (χ1) is 16.0. The second kappa shape index (κ2) is 8.27. The summed E-state index contributed by atoms with van der Waals surface area (Å²) < 4.78 is 9.91. The maximum Gasteiger partial charge on any atom is 0.300 e. The molecule has 6 rings (SSSR count). The number of rotatable bonds is 3. The van der Waals surface area contributed by atoms with Crippen LogP contribution in [0.4, 0.5) is 0 Å². The van der Waals surface area contributed by atoms with Gasteiger partial charge in [0.1, 0.15) is 11.6 Å². The molecular formula is C25H27N5O3. The summed E-state index contributed by atoms with van der Waals surface area (Å²) in [7, 11) is 3.78. The molecule has 0 bridgehead atoms. The van der Waals surface area contributed by atoms with Gasteiger partial charge in [0.2, 0.25) is 0 Å². The third-order valence-electron chi connectivity index (χ3n) is 6.37. The van der Waals surface area contributed by atoms with Gasteiger partial charge in [0.15, 0.2) is 5.65 Å². The Labute approximate surface area is 190 Å². The number of imidazole rings is 1. The summed E-state index contributed by atoms with van der Waals surface area (Å²) in [5.41, 5.74) is 6.43. The molecule has 5 aromatic rings. The van der Waals surface area contributed by atoms with Crippen LogP contribution in [0.5, 0.6) is 5.75 Å². The lowest BCUT2D eigenvalue weighted by Crippen LogP contribution is -2.01. The van der Waals surface area contributed by atoms with Crippen molar-refractivity contribution >= 4 is 33.6 Å². The Hall–Kier alpha value is -3.81. The monoisotopic (exact) mass is 445 g/mol. The predicted octanol–water partition coefficient (Wildman–Crippen LogP) is 5.13. The van der Waals surface area contributed by atoms with Crippen molar-refractivity contribution in [1.82, 2.24) is 23.9 Å². The zero-order chi connectivity index (χ0) is 23.1. The molecule has 8 heteroatoms. The van der Waals surface area contributed by atoms with Gasteiger partial charge in [-0.2, -0.15) is 0 Å². The molecule has 1 fully saturated rings. The molecule has 2 N–H and O–H groups in total. The van der Waals surface area contributed by atoms with Crippen molar-refractivity contribution in [3.8, 4) is 17.0 Å². The van der Waals surface area contributed by atoms with Crippen LogP contribution in [-0.2, 0) is 11.8 Å². The minimum atomic E-state index is -0.833. The van der Waals surface area contributed by atoms with E-state index in [0.717, 1.165) is 46.0 Å². The van der Waals surface area contributed by atoms with Crippen molar-refractivity contribution in [2.75, 3.05) is 7.11 Å². The maximum atomic E-state index is 9.00. The van der Waals surface area contributed by atoms with Crippen LogP contribution < -0.4 is 4.74 Å². The Kier molecular flexibility index (Phi) is 5.28. The number of carbonyl (C=O) groups is 1. The van der Waals surface area contributed by atoms with Gasteiger partial charge in [0, 0.05) is 42.6 Å². The van der Waals surface area contributed by atoms with Crippen molar-refractivity contribution < 1.29 is 14.6 Å². The highest BCUT2D eigenvalue weighted by Crippen LogP contribution is 2.37. The maximum absolute atomic E-state index is 9.00. The Balaban J connectivity index is 0.000000531. The number of nitrogens with zero attached hydrogens (tertiary/aromatic N) is 4. The average Bonchev–Trinajstić information content (AvgIpc) is 3.57. The number of ether oxygens (including phenoxy) is 1. The van der Waals surface area contributed by atoms with Crippen molar-refractivity contribution in [3.63, 3.8) is 0 Å². The molecule has 1 aromatic carbocycles.